The molecule has 0 amide bonds. The fourth-order valence-electron chi connectivity index (χ4n) is 9.14. The van der Waals surface area contributed by atoms with Crippen molar-refractivity contribution in [1.29, 1.82) is 0 Å². The van der Waals surface area contributed by atoms with Crippen molar-refractivity contribution in [2.24, 2.45) is 0 Å². The van der Waals surface area contributed by atoms with E-state index in [1.165, 1.54) is 154 Å². The van der Waals surface area contributed by atoms with Crippen molar-refractivity contribution in [1.82, 2.24) is 0 Å². The van der Waals surface area contributed by atoms with Crippen LogP contribution in [0.5, 0.6) is 0 Å². The number of aliphatic hydroxyl groups is 1. The van der Waals surface area contributed by atoms with Crippen molar-refractivity contribution in [2.75, 3.05) is 26.4 Å². The van der Waals surface area contributed by atoms with E-state index in [9.17, 15) is 28.9 Å². The Kier molecular flexibility index (Phi) is 59.6. The van der Waals surface area contributed by atoms with Crippen LogP contribution in [0, 0.1) is 0 Å². The molecule has 0 fully saturated rings. The lowest BCUT2D eigenvalue weighted by atomic mass is 10.0. The zero-order valence-electron chi connectivity index (χ0n) is 51.5. The predicted molar refractivity (Wildman–Crippen MR) is 335 cm³/mol. The first-order chi connectivity index (χ1) is 39.2. The Hall–Kier alpha value is -3.08. The highest BCUT2D eigenvalue weighted by atomic mass is 31.2. The zero-order valence-corrected chi connectivity index (χ0v) is 52.4. The van der Waals surface area contributed by atoms with Crippen molar-refractivity contribution in [2.45, 2.75) is 315 Å². The third-order valence-corrected chi connectivity index (χ3v) is 15.1. The molecule has 0 saturated heterocycles. The third-order valence-electron chi connectivity index (χ3n) is 14.1. The molecule has 0 aliphatic carbocycles. The maximum Gasteiger partial charge on any atom is 0.472 e. The van der Waals surface area contributed by atoms with Crippen LogP contribution in [-0.2, 0) is 42.2 Å². The van der Waals surface area contributed by atoms with Crippen LogP contribution in [0.4, 0.5) is 0 Å². The van der Waals surface area contributed by atoms with E-state index in [1.54, 1.807) is 0 Å². The number of aliphatic hydroxyl groups excluding tert-OH is 1. The molecule has 3 atom stereocenters. The monoisotopic (exact) mass is 1140 g/mol. The number of unbranched alkanes of at least 4 members (excludes halogenated alkanes) is 32. The topological polar surface area (TPSA) is 155 Å². The molecule has 464 valence electrons. The van der Waals surface area contributed by atoms with Crippen LogP contribution < -0.4 is 0 Å². The van der Waals surface area contributed by atoms with Crippen LogP contribution in [0.3, 0.4) is 0 Å². The molecule has 0 aromatic carbocycles. The Balaban J connectivity index is 4.70. The van der Waals surface area contributed by atoms with E-state index in [0.717, 1.165) is 89.9 Å². The summed E-state index contributed by atoms with van der Waals surface area (Å²) in [6.45, 7) is 4.54. The average Bonchev–Trinajstić information content (AvgIpc) is 3.45. The van der Waals surface area contributed by atoms with Gasteiger partial charge in [-0.15, -0.1) is 0 Å². The molecule has 0 aromatic heterocycles. The first-order valence-electron chi connectivity index (χ1n) is 32.8. The van der Waals surface area contributed by atoms with E-state index in [2.05, 4.69) is 93.7 Å². The van der Waals surface area contributed by atoms with E-state index < -0.39 is 57.8 Å². The molecule has 2 N–H and O–H groups in total. The first kappa shape index (κ1) is 76.9. The summed E-state index contributed by atoms with van der Waals surface area (Å²) in [5.74, 6) is -1.49. The lowest BCUT2D eigenvalue weighted by Gasteiger charge is -2.21. The normalized spacial score (nSPS) is 13.7. The summed E-state index contributed by atoms with van der Waals surface area (Å²) in [5.41, 5.74) is 0. The molecule has 12 heteroatoms. The molecule has 80 heavy (non-hydrogen) atoms. The predicted octanol–water partition coefficient (Wildman–Crippen LogP) is 20.0. The largest absolute Gasteiger partial charge is 0.472 e. The fourth-order valence-corrected chi connectivity index (χ4v) is 9.93. The number of carbonyl (C=O) groups excluding carboxylic acids is 3. The van der Waals surface area contributed by atoms with Crippen molar-refractivity contribution in [3.8, 4) is 0 Å². The van der Waals surface area contributed by atoms with Crippen LogP contribution in [0.1, 0.15) is 303 Å². The van der Waals surface area contributed by atoms with Crippen LogP contribution >= 0.6 is 7.82 Å². The van der Waals surface area contributed by atoms with E-state index in [-0.39, 0.29) is 25.9 Å². The van der Waals surface area contributed by atoms with Gasteiger partial charge in [0, 0.05) is 19.3 Å². The lowest BCUT2D eigenvalue weighted by molar-refractivity contribution is -0.161. The molecule has 0 radical (unpaired) electrons. The van der Waals surface area contributed by atoms with Crippen LogP contribution in [-0.4, -0.2) is 66.5 Å². The van der Waals surface area contributed by atoms with Gasteiger partial charge >= 0.3 is 25.7 Å². The van der Waals surface area contributed by atoms with Gasteiger partial charge in [0.15, 0.2) is 6.10 Å². The number of phosphoric ester groups is 1. The number of esters is 3. The van der Waals surface area contributed by atoms with Crippen LogP contribution in [0.2, 0.25) is 0 Å². The number of hydrogen-bond acceptors (Lipinski definition) is 10. The molecule has 0 bridgehead atoms. The van der Waals surface area contributed by atoms with E-state index >= 15 is 0 Å². The molecule has 0 aliphatic heterocycles. The summed E-state index contributed by atoms with van der Waals surface area (Å²) in [6.07, 6.45) is 71.4. The van der Waals surface area contributed by atoms with Crippen LogP contribution in [0.15, 0.2) is 72.9 Å². The second-order valence-corrected chi connectivity index (χ2v) is 23.4. The minimum atomic E-state index is -4.76. The van der Waals surface area contributed by atoms with Gasteiger partial charge in [-0.05, 0) is 89.9 Å². The van der Waals surface area contributed by atoms with Gasteiger partial charge in [0.1, 0.15) is 12.7 Å². The Morgan fingerprint density at radius 1 is 0.362 bits per heavy atom. The number of rotatable bonds is 61. The Morgan fingerprint density at radius 3 is 1.02 bits per heavy atom. The van der Waals surface area contributed by atoms with Gasteiger partial charge in [0.25, 0.3) is 0 Å². The Bertz CT molecular complexity index is 1620. The molecular weight excluding hydrogens is 1020 g/mol. The van der Waals surface area contributed by atoms with Crippen LogP contribution in [0.25, 0.3) is 0 Å². The van der Waals surface area contributed by atoms with Gasteiger partial charge < -0.3 is 24.2 Å². The Morgan fingerprint density at radius 2 is 0.650 bits per heavy atom. The molecule has 0 saturated carbocycles. The summed E-state index contributed by atoms with van der Waals surface area (Å²) in [6, 6.07) is 0. The fraction of sp³-hybridized carbons (Fsp3) is 0.779. The SMILES string of the molecule is CC/C=C\C/C=C\C/C=C\C/C=C\C/C=C\CCCCCC(=O)OC(COC(=O)CCCCCCCCCCCCCCCCC)COP(=O)(O)OCC(CO)OC(=O)CCCCCCCCCCC/C=C\CCCCCCCC. The number of phosphoric acid groups is 1. The lowest BCUT2D eigenvalue weighted by Crippen LogP contribution is -2.30. The van der Waals surface area contributed by atoms with Gasteiger partial charge in [0.05, 0.1) is 19.8 Å². The molecule has 3 unspecified atom stereocenters. The van der Waals surface area contributed by atoms with Gasteiger partial charge in [-0.25, -0.2) is 4.57 Å². The van der Waals surface area contributed by atoms with E-state index in [0.29, 0.717) is 19.3 Å². The Labute approximate surface area is 490 Å². The number of carbonyl (C=O) groups is 3. The van der Waals surface area contributed by atoms with Gasteiger partial charge in [-0.1, -0.05) is 267 Å². The molecule has 0 aromatic rings. The third kappa shape index (κ3) is 59.5. The van der Waals surface area contributed by atoms with E-state index in [1.807, 2.05) is 0 Å². The highest BCUT2D eigenvalue weighted by Gasteiger charge is 2.28. The molecule has 0 spiro atoms. The molecule has 0 rings (SSSR count). The average molecular weight is 1150 g/mol. The maximum absolute atomic E-state index is 13.0. The standard InChI is InChI=1S/C68H121O11P/c1-4-7-10-13-16-19-22-25-28-30-32-34-37-40-43-46-49-52-55-58-67(71)78-64(60-69)62-76-80(73,74)77-63-65(61-75-66(70)57-54-51-48-45-42-39-36-27-24-21-18-15-12-9-6-3)79-68(72)59-56-53-50-47-44-41-38-35-33-31-29-26-23-20-17-14-11-8-5-2/h8,11,17,20,25-26,28-29,33,35,41,44,64-65,69H,4-7,9-10,12-16,18-19,21-24,27,30-32,34,36-40,42-43,45-63H2,1-3H3,(H,73,74)/b11-8-,20-17-,28-25-,29-26-,35-33-,44-41-. The summed E-state index contributed by atoms with van der Waals surface area (Å²) in [5, 5.41) is 9.86. The molecule has 11 nitrogen and oxygen atoms in total. The van der Waals surface area contributed by atoms with Crippen molar-refractivity contribution >= 4 is 25.7 Å². The number of hydrogen-bond donors (Lipinski definition) is 2. The molecular formula is C68H121O11P. The summed E-state index contributed by atoms with van der Waals surface area (Å²) < 4.78 is 39.7. The summed E-state index contributed by atoms with van der Waals surface area (Å²) in [4.78, 5) is 48.8. The maximum atomic E-state index is 13.0. The minimum absolute atomic E-state index is 0.129. The van der Waals surface area contributed by atoms with E-state index in [4.69, 9.17) is 23.3 Å². The first-order valence-corrected chi connectivity index (χ1v) is 34.3. The van der Waals surface area contributed by atoms with Crippen molar-refractivity contribution in [3.05, 3.63) is 72.9 Å². The summed E-state index contributed by atoms with van der Waals surface area (Å²) in [7, 11) is -4.76. The zero-order chi connectivity index (χ0) is 58.3. The van der Waals surface area contributed by atoms with Gasteiger partial charge in [-0.2, -0.15) is 0 Å². The number of allylic oxidation sites excluding steroid dienone is 12. The van der Waals surface area contributed by atoms with Crippen molar-refractivity contribution < 1.29 is 52.2 Å². The highest BCUT2D eigenvalue weighted by Crippen LogP contribution is 2.43. The van der Waals surface area contributed by atoms with Crippen molar-refractivity contribution in [3.63, 3.8) is 0 Å². The highest BCUT2D eigenvalue weighted by molar-refractivity contribution is 7.47. The second-order valence-electron chi connectivity index (χ2n) is 21.9. The summed E-state index contributed by atoms with van der Waals surface area (Å²) >= 11 is 0. The second kappa shape index (κ2) is 62.0. The van der Waals surface area contributed by atoms with Gasteiger partial charge in [0.2, 0.25) is 0 Å². The number of ether oxygens (including phenoxy) is 3. The molecule has 0 heterocycles. The smallest absolute Gasteiger partial charge is 0.462 e. The molecule has 0 aliphatic rings. The minimum Gasteiger partial charge on any atom is -0.462 e. The van der Waals surface area contributed by atoms with Gasteiger partial charge in [-0.3, -0.25) is 23.4 Å². The quantitative estimate of drug-likeness (QED) is 0.0197.